The monoisotopic (exact) mass is 453 g/mol. The van der Waals surface area contributed by atoms with Crippen LogP contribution in [-0.4, -0.2) is 38.2 Å². The first kappa shape index (κ1) is 22.0. The summed E-state index contributed by atoms with van der Waals surface area (Å²) in [5.74, 6) is 0.455. The van der Waals surface area contributed by atoms with Gasteiger partial charge in [0, 0.05) is 25.2 Å². The number of carbonyl (C=O) groups excluding carboxylic acids is 1. The highest BCUT2D eigenvalue weighted by Gasteiger charge is 2.05. The molecule has 0 saturated carbocycles. The Kier molecular flexibility index (Phi) is 11.9. The van der Waals surface area contributed by atoms with Crippen molar-refractivity contribution in [1.29, 1.82) is 0 Å². The smallest absolute Gasteiger partial charge is 0.307 e. The van der Waals surface area contributed by atoms with Crippen LogP contribution in [0.25, 0.3) is 0 Å². The van der Waals surface area contributed by atoms with Gasteiger partial charge in [0.2, 0.25) is 0 Å². The van der Waals surface area contributed by atoms with Gasteiger partial charge in [-0.05, 0) is 38.0 Å². The van der Waals surface area contributed by atoms with E-state index < -0.39 is 0 Å². The van der Waals surface area contributed by atoms with Crippen molar-refractivity contribution in [1.82, 2.24) is 10.6 Å². The van der Waals surface area contributed by atoms with E-state index in [2.05, 4.69) is 15.6 Å². The summed E-state index contributed by atoms with van der Waals surface area (Å²) in [6.07, 6.45) is 1.08. The van der Waals surface area contributed by atoms with Crippen LogP contribution in [0.3, 0.4) is 0 Å². The molecule has 5 nitrogen and oxygen atoms in total. The third-order valence-electron chi connectivity index (χ3n) is 2.81. The number of benzene rings is 1. The minimum atomic E-state index is -0.211. The molecule has 0 spiro atoms. The van der Waals surface area contributed by atoms with Crippen LogP contribution < -0.4 is 10.6 Å². The molecule has 1 rings (SSSR count). The molecule has 0 amide bonds. The molecule has 1 aromatic rings. The molecule has 0 saturated heterocycles. The maximum atomic E-state index is 11.4. The largest absolute Gasteiger partial charge is 0.463 e. The number of hydrogen-bond donors (Lipinski definition) is 2. The molecule has 0 radical (unpaired) electrons. The Morgan fingerprint density at radius 1 is 1.30 bits per heavy atom. The molecule has 0 fully saturated rings. The summed E-state index contributed by atoms with van der Waals surface area (Å²) in [4.78, 5) is 15.5. The van der Waals surface area contributed by atoms with Crippen LogP contribution in [0.2, 0.25) is 5.02 Å². The number of esters is 1. The van der Waals surface area contributed by atoms with Crippen LogP contribution in [0.5, 0.6) is 0 Å². The number of aliphatic imine (C=N–C) groups is 1. The summed E-state index contributed by atoms with van der Waals surface area (Å²) < 4.78 is 5.06. The number of nitrogens with zero attached hydrogens (tertiary/aromatic N) is 1. The van der Waals surface area contributed by atoms with Gasteiger partial charge in [-0.2, -0.15) is 0 Å². The molecule has 0 aliphatic rings. The maximum absolute atomic E-state index is 11.4. The minimum absolute atomic E-state index is 0. The lowest BCUT2D eigenvalue weighted by Gasteiger charge is -2.12. The molecule has 7 heteroatoms. The number of rotatable bonds is 7. The second-order valence-electron chi connectivity index (χ2n) is 5.09. The van der Waals surface area contributed by atoms with Crippen LogP contribution in [0.15, 0.2) is 29.3 Å². The molecule has 1 aromatic carbocycles. The second-order valence-corrected chi connectivity index (χ2v) is 5.53. The van der Waals surface area contributed by atoms with Crippen molar-refractivity contribution in [3.63, 3.8) is 0 Å². The van der Waals surface area contributed by atoms with Gasteiger partial charge in [0.1, 0.15) is 0 Å². The minimum Gasteiger partial charge on any atom is -0.463 e. The van der Waals surface area contributed by atoms with Crippen molar-refractivity contribution in [2.24, 2.45) is 4.99 Å². The van der Waals surface area contributed by atoms with Crippen molar-refractivity contribution in [3.8, 4) is 0 Å². The number of hydrogen-bond acceptors (Lipinski definition) is 3. The zero-order valence-corrected chi connectivity index (χ0v) is 16.9. The molecule has 0 aromatic heterocycles. The summed E-state index contributed by atoms with van der Waals surface area (Å²) in [6, 6.07) is 7.77. The SMILES string of the molecule is CN=C(NCCC(=O)OC(C)C)NCCc1cccc(Cl)c1.I. The standard InChI is InChI=1S/C16H24ClN3O2.HI/c1-12(2)22-15(21)8-10-20-16(18-3)19-9-7-13-5-4-6-14(17)11-13;/h4-6,11-12H,7-10H2,1-3H3,(H2,18,19,20);1H. The van der Waals surface area contributed by atoms with E-state index in [4.69, 9.17) is 16.3 Å². The fourth-order valence-electron chi connectivity index (χ4n) is 1.84. The lowest BCUT2D eigenvalue weighted by atomic mass is 10.1. The Balaban J connectivity index is 0.00000484. The van der Waals surface area contributed by atoms with Gasteiger partial charge < -0.3 is 15.4 Å². The van der Waals surface area contributed by atoms with Crippen LogP contribution in [0, 0.1) is 0 Å². The summed E-state index contributed by atoms with van der Waals surface area (Å²) in [5.41, 5.74) is 1.16. The van der Waals surface area contributed by atoms with Crippen molar-refractivity contribution < 1.29 is 9.53 Å². The Morgan fingerprint density at radius 2 is 2.00 bits per heavy atom. The van der Waals surface area contributed by atoms with E-state index >= 15 is 0 Å². The lowest BCUT2D eigenvalue weighted by molar-refractivity contribution is -0.147. The van der Waals surface area contributed by atoms with Gasteiger partial charge >= 0.3 is 5.97 Å². The topological polar surface area (TPSA) is 62.7 Å². The third kappa shape index (κ3) is 10.4. The molecular weight excluding hydrogens is 429 g/mol. The van der Waals surface area contributed by atoms with E-state index in [1.165, 1.54) is 0 Å². The van der Waals surface area contributed by atoms with E-state index in [0.717, 1.165) is 23.6 Å². The average Bonchev–Trinajstić information content (AvgIpc) is 2.45. The summed E-state index contributed by atoms with van der Waals surface area (Å²) in [7, 11) is 1.70. The average molecular weight is 454 g/mol. The van der Waals surface area contributed by atoms with Gasteiger partial charge in [-0.15, -0.1) is 24.0 Å². The molecule has 0 aliphatic carbocycles. The van der Waals surface area contributed by atoms with Gasteiger partial charge in [-0.3, -0.25) is 9.79 Å². The van der Waals surface area contributed by atoms with Gasteiger partial charge in [0.15, 0.2) is 5.96 Å². The molecule has 0 atom stereocenters. The van der Waals surface area contributed by atoms with Gasteiger partial charge in [0.25, 0.3) is 0 Å². The molecule has 2 N–H and O–H groups in total. The van der Waals surface area contributed by atoms with Gasteiger partial charge in [-0.25, -0.2) is 0 Å². The van der Waals surface area contributed by atoms with Gasteiger partial charge in [0.05, 0.1) is 12.5 Å². The summed E-state index contributed by atoms with van der Waals surface area (Å²) in [5, 5.41) is 7.02. The van der Waals surface area contributed by atoms with Crippen molar-refractivity contribution in [3.05, 3.63) is 34.9 Å². The molecule has 0 bridgehead atoms. The Bertz CT molecular complexity index is 510. The van der Waals surface area contributed by atoms with Crippen molar-refractivity contribution in [2.45, 2.75) is 32.8 Å². The fraction of sp³-hybridized carbons (Fsp3) is 0.500. The van der Waals surface area contributed by atoms with E-state index in [1.807, 2.05) is 38.1 Å². The Morgan fingerprint density at radius 3 is 2.61 bits per heavy atom. The van der Waals surface area contributed by atoms with E-state index in [0.29, 0.717) is 18.9 Å². The van der Waals surface area contributed by atoms with Crippen LogP contribution in [0.4, 0.5) is 0 Å². The first-order chi connectivity index (χ1) is 10.5. The number of guanidine groups is 1. The zero-order valence-electron chi connectivity index (χ0n) is 13.8. The molecular formula is C16H25ClIN3O2. The number of carbonyl (C=O) groups is 1. The van der Waals surface area contributed by atoms with Crippen molar-refractivity contribution in [2.75, 3.05) is 20.1 Å². The third-order valence-corrected chi connectivity index (χ3v) is 3.04. The Hall–Kier alpha value is -1.02. The number of nitrogens with one attached hydrogen (secondary N) is 2. The van der Waals surface area contributed by atoms with E-state index in [-0.39, 0.29) is 36.0 Å². The summed E-state index contributed by atoms with van der Waals surface area (Å²) in [6.45, 7) is 4.89. The highest BCUT2D eigenvalue weighted by Crippen LogP contribution is 2.10. The lowest BCUT2D eigenvalue weighted by Crippen LogP contribution is -2.39. The molecule has 130 valence electrons. The maximum Gasteiger partial charge on any atom is 0.307 e. The predicted molar refractivity (Wildman–Crippen MR) is 106 cm³/mol. The van der Waals surface area contributed by atoms with E-state index in [9.17, 15) is 4.79 Å². The van der Waals surface area contributed by atoms with E-state index in [1.54, 1.807) is 7.05 Å². The molecule has 0 aliphatic heterocycles. The van der Waals surface area contributed by atoms with Gasteiger partial charge in [-0.1, -0.05) is 23.7 Å². The molecule has 23 heavy (non-hydrogen) atoms. The first-order valence-corrected chi connectivity index (χ1v) is 7.77. The molecule has 0 heterocycles. The van der Waals surface area contributed by atoms with Crippen molar-refractivity contribution >= 4 is 47.5 Å². The number of ether oxygens (including phenoxy) is 1. The first-order valence-electron chi connectivity index (χ1n) is 7.39. The highest BCUT2D eigenvalue weighted by atomic mass is 127. The second kappa shape index (κ2) is 12.4. The highest BCUT2D eigenvalue weighted by molar-refractivity contribution is 14.0. The normalized spacial score (nSPS) is 10.9. The fourth-order valence-corrected chi connectivity index (χ4v) is 2.06. The zero-order chi connectivity index (χ0) is 16.4. The quantitative estimate of drug-likeness (QED) is 0.288. The van der Waals surface area contributed by atoms with Crippen LogP contribution in [0.1, 0.15) is 25.8 Å². The molecule has 0 unspecified atom stereocenters. The van der Waals surface area contributed by atoms with Crippen LogP contribution in [-0.2, 0) is 16.0 Å². The predicted octanol–water partition coefficient (Wildman–Crippen LogP) is 3.01. The Labute approximate surface area is 160 Å². The number of halogens is 2. The summed E-state index contributed by atoms with van der Waals surface area (Å²) >= 11 is 5.95. The van der Waals surface area contributed by atoms with Crippen LogP contribution >= 0.6 is 35.6 Å².